The number of methoxy groups -OCH3 is 1. The van der Waals surface area contributed by atoms with Gasteiger partial charge in [-0.1, -0.05) is 30.3 Å². The van der Waals surface area contributed by atoms with Crippen molar-refractivity contribution < 1.29 is 14.3 Å². The van der Waals surface area contributed by atoms with E-state index in [0.717, 1.165) is 19.5 Å². The fourth-order valence-electron chi connectivity index (χ4n) is 2.58. The lowest BCUT2D eigenvalue weighted by Gasteiger charge is -2.16. The number of amides is 1. The minimum absolute atomic E-state index is 0.0339. The van der Waals surface area contributed by atoms with E-state index in [9.17, 15) is 9.59 Å². The minimum atomic E-state index is 0.0339. The van der Waals surface area contributed by atoms with E-state index >= 15 is 0 Å². The summed E-state index contributed by atoms with van der Waals surface area (Å²) in [6.07, 6.45) is 1.58. The van der Waals surface area contributed by atoms with Crippen LogP contribution in [0.5, 0.6) is 0 Å². The second-order valence-corrected chi connectivity index (χ2v) is 5.24. The molecular weight excluding hydrogens is 254 g/mol. The first-order valence-corrected chi connectivity index (χ1v) is 7.05. The molecule has 1 aromatic rings. The number of ketones is 1. The zero-order valence-electron chi connectivity index (χ0n) is 11.9. The zero-order valence-corrected chi connectivity index (χ0v) is 11.9. The van der Waals surface area contributed by atoms with Gasteiger partial charge in [0.1, 0.15) is 0 Å². The lowest BCUT2D eigenvalue weighted by atomic mass is 10.1. The van der Waals surface area contributed by atoms with E-state index in [1.165, 1.54) is 0 Å². The molecule has 0 N–H and O–H groups in total. The van der Waals surface area contributed by atoms with Crippen LogP contribution in [0.3, 0.4) is 0 Å². The van der Waals surface area contributed by atoms with Gasteiger partial charge in [0.2, 0.25) is 5.91 Å². The molecule has 0 aromatic heterocycles. The molecule has 0 saturated carbocycles. The van der Waals surface area contributed by atoms with Gasteiger partial charge in [0.05, 0.1) is 6.61 Å². The molecule has 1 heterocycles. The van der Waals surface area contributed by atoms with Gasteiger partial charge in [-0.05, 0) is 6.42 Å². The van der Waals surface area contributed by atoms with Crippen LogP contribution < -0.4 is 0 Å². The third-order valence-electron chi connectivity index (χ3n) is 3.70. The Hall–Kier alpha value is -1.68. The van der Waals surface area contributed by atoms with E-state index in [4.69, 9.17) is 4.74 Å². The molecule has 108 valence electrons. The molecule has 1 fully saturated rings. The number of carbonyl (C=O) groups excluding carboxylic acids is 2. The number of nitrogens with zero attached hydrogens (tertiary/aromatic N) is 1. The Labute approximate surface area is 119 Å². The molecular formula is C16H21NO3. The van der Waals surface area contributed by atoms with Crippen molar-refractivity contribution in [3.05, 3.63) is 35.9 Å². The Morgan fingerprint density at radius 2 is 2.00 bits per heavy atom. The molecule has 4 heteroatoms. The number of benzene rings is 1. The minimum Gasteiger partial charge on any atom is -0.384 e. The van der Waals surface area contributed by atoms with E-state index in [-0.39, 0.29) is 18.1 Å². The molecule has 1 atom stereocenters. The van der Waals surface area contributed by atoms with Crippen LogP contribution in [0, 0.1) is 5.92 Å². The van der Waals surface area contributed by atoms with Gasteiger partial charge in [0.15, 0.2) is 5.78 Å². The Morgan fingerprint density at radius 1 is 1.25 bits per heavy atom. The fourth-order valence-corrected chi connectivity index (χ4v) is 2.58. The standard InChI is InChI=1S/C16H21NO3/c1-20-12-13-9-10-17(11-13)16(19)8-7-15(18)14-5-3-2-4-6-14/h2-6,13H,7-12H2,1H3/t13-/m0/s1. The summed E-state index contributed by atoms with van der Waals surface area (Å²) in [5.74, 6) is 0.549. The smallest absolute Gasteiger partial charge is 0.223 e. The first kappa shape index (κ1) is 14.7. The highest BCUT2D eigenvalue weighted by Crippen LogP contribution is 2.18. The van der Waals surface area contributed by atoms with Crippen molar-refractivity contribution in [2.75, 3.05) is 26.8 Å². The molecule has 0 spiro atoms. The predicted molar refractivity (Wildman–Crippen MR) is 76.6 cm³/mol. The molecule has 0 radical (unpaired) electrons. The van der Waals surface area contributed by atoms with Crippen molar-refractivity contribution >= 4 is 11.7 Å². The summed E-state index contributed by atoms with van der Waals surface area (Å²) in [4.78, 5) is 25.9. The molecule has 2 rings (SSSR count). The number of hydrogen-bond acceptors (Lipinski definition) is 3. The summed E-state index contributed by atoms with van der Waals surface area (Å²) in [6.45, 7) is 2.24. The van der Waals surface area contributed by atoms with Crippen LogP contribution in [-0.2, 0) is 9.53 Å². The molecule has 0 aliphatic carbocycles. The first-order chi connectivity index (χ1) is 9.70. The number of ether oxygens (including phenoxy) is 1. The van der Waals surface area contributed by atoms with Gasteiger partial charge in [-0.15, -0.1) is 0 Å². The summed E-state index contributed by atoms with van der Waals surface area (Å²) in [7, 11) is 1.68. The third-order valence-corrected chi connectivity index (χ3v) is 3.70. The van der Waals surface area contributed by atoms with E-state index in [1.54, 1.807) is 19.2 Å². The zero-order chi connectivity index (χ0) is 14.4. The summed E-state index contributed by atoms with van der Waals surface area (Å²) in [5, 5.41) is 0. The quantitative estimate of drug-likeness (QED) is 0.747. The Bertz CT molecular complexity index is 458. The predicted octanol–water partition coefficient (Wildman–Crippen LogP) is 2.14. The van der Waals surface area contributed by atoms with Crippen molar-refractivity contribution in [3.63, 3.8) is 0 Å². The van der Waals surface area contributed by atoms with Crippen LogP contribution in [0.25, 0.3) is 0 Å². The molecule has 1 aliphatic heterocycles. The summed E-state index contributed by atoms with van der Waals surface area (Å²) >= 11 is 0. The first-order valence-electron chi connectivity index (χ1n) is 7.05. The molecule has 0 bridgehead atoms. The lowest BCUT2D eigenvalue weighted by Crippen LogP contribution is -2.29. The van der Waals surface area contributed by atoms with Gasteiger partial charge in [-0.3, -0.25) is 9.59 Å². The van der Waals surface area contributed by atoms with E-state index in [0.29, 0.717) is 24.5 Å². The molecule has 4 nitrogen and oxygen atoms in total. The van der Waals surface area contributed by atoms with Crippen LogP contribution in [0.4, 0.5) is 0 Å². The second-order valence-electron chi connectivity index (χ2n) is 5.24. The second kappa shape index (κ2) is 7.20. The highest BCUT2D eigenvalue weighted by atomic mass is 16.5. The summed E-state index contributed by atoms with van der Waals surface area (Å²) in [6, 6.07) is 9.13. The largest absolute Gasteiger partial charge is 0.384 e. The SMILES string of the molecule is COC[C@H]1CCN(C(=O)CCC(=O)c2ccccc2)C1. The Kier molecular flexibility index (Phi) is 5.30. The van der Waals surface area contributed by atoms with E-state index in [2.05, 4.69) is 0 Å². The summed E-state index contributed by atoms with van der Waals surface area (Å²) < 4.78 is 5.12. The molecule has 1 amide bonds. The van der Waals surface area contributed by atoms with Gasteiger partial charge in [0.25, 0.3) is 0 Å². The molecule has 1 aromatic carbocycles. The molecule has 0 unspecified atom stereocenters. The molecule has 1 aliphatic rings. The molecule has 20 heavy (non-hydrogen) atoms. The van der Waals surface area contributed by atoms with E-state index in [1.807, 2.05) is 23.1 Å². The number of Topliss-reactive ketones (excluding diaryl/α,β-unsaturated/α-hetero) is 1. The number of rotatable bonds is 6. The topological polar surface area (TPSA) is 46.6 Å². The number of carbonyl (C=O) groups is 2. The van der Waals surface area contributed by atoms with Crippen molar-refractivity contribution in [1.29, 1.82) is 0 Å². The van der Waals surface area contributed by atoms with Gasteiger partial charge in [-0.2, -0.15) is 0 Å². The Morgan fingerprint density at radius 3 is 2.70 bits per heavy atom. The fraction of sp³-hybridized carbons (Fsp3) is 0.500. The summed E-state index contributed by atoms with van der Waals surface area (Å²) in [5.41, 5.74) is 0.680. The highest BCUT2D eigenvalue weighted by Gasteiger charge is 2.26. The van der Waals surface area contributed by atoms with Gasteiger partial charge < -0.3 is 9.64 Å². The van der Waals surface area contributed by atoms with Crippen molar-refractivity contribution in [2.45, 2.75) is 19.3 Å². The maximum atomic E-state index is 12.1. The van der Waals surface area contributed by atoms with Crippen LogP contribution in [0.1, 0.15) is 29.6 Å². The van der Waals surface area contributed by atoms with Crippen molar-refractivity contribution in [1.82, 2.24) is 4.90 Å². The van der Waals surface area contributed by atoms with Gasteiger partial charge >= 0.3 is 0 Å². The maximum Gasteiger partial charge on any atom is 0.223 e. The van der Waals surface area contributed by atoms with Crippen LogP contribution in [0.15, 0.2) is 30.3 Å². The van der Waals surface area contributed by atoms with Gasteiger partial charge in [0, 0.05) is 44.5 Å². The van der Waals surface area contributed by atoms with Crippen LogP contribution in [-0.4, -0.2) is 43.4 Å². The van der Waals surface area contributed by atoms with Gasteiger partial charge in [-0.25, -0.2) is 0 Å². The third kappa shape index (κ3) is 3.90. The van der Waals surface area contributed by atoms with E-state index < -0.39 is 0 Å². The average Bonchev–Trinajstić information content (AvgIpc) is 2.94. The van der Waals surface area contributed by atoms with Crippen LogP contribution in [0.2, 0.25) is 0 Å². The van der Waals surface area contributed by atoms with Crippen LogP contribution >= 0.6 is 0 Å². The van der Waals surface area contributed by atoms with Crippen molar-refractivity contribution in [3.8, 4) is 0 Å². The maximum absolute atomic E-state index is 12.1. The lowest BCUT2D eigenvalue weighted by molar-refractivity contribution is -0.130. The number of hydrogen-bond donors (Lipinski definition) is 0. The Balaban J connectivity index is 1.77. The van der Waals surface area contributed by atoms with Crippen molar-refractivity contribution in [2.24, 2.45) is 5.92 Å². The number of likely N-dealkylation sites (tertiary alicyclic amines) is 1. The normalized spacial score (nSPS) is 18.2. The monoisotopic (exact) mass is 275 g/mol. The average molecular weight is 275 g/mol. The molecule has 1 saturated heterocycles. The highest BCUT2D eigenvalue weighted by molar-refractivity contribution is 5.97.